The molecule has 0 saturated heterocycles. The summed E-state index contributed by atoms with van der Waals surface area (Å²) in [5, 5.41) is 8.13. The highest BCUT2D eigenvalue weighted by Gasteiger charge is 2.25. The minimum atomic E-state index is -1.73. The number of aryl methyl sites for hydroxylation is 1. The molecular formula is C19H12F4N4OS. The average molecular weight is 420 g/mol. The first-order chi connectivity index (χ1) is 14.0. The van der Waals surface area contributed by atoms with Crippen molar-refractivity contribution in [1.82, 2.24) is 19.7 Å². The lowest BCUT2D eigenvalue weighted by atomic mass is 10.2. The summed E-state index contributed by atoms with van der Waals surface area (Å²) in [6.07, 6.45) is 1.48. The second kappa shape index (κ2) is 7.70. The van der Waals surface area contributed by atoms with E-state index in [9.17, 15) is 17.6 Å². The van der Waals surface area contributed by atoms with Crippen LogP contribution in [-0.2, 0) is 6.54 Å². The van der Waals surface area contributed by atoms with Gasteiger partial charge in [0, 0.05) is 0 Å². The van der Waals surface area contributed by atoms with Gasteiger partial charge in [0.2, 0.25) is 0 Å². The normalized spacial score (nSPS) is 11.2. The molecule has 0 spiro atoms. The van der Waals surface area contributed by atoms with Crippen LogP contribution in [0.1, 0.15) is 11.3 Å². The Hall–Kier alpha value is -3.14. The number of rotatable bonds is 5. The number of furan rings is 1. The van der Waals surface area contributed by atoms with Gasteiger partial charge in [-0.15, -0.1) is 10.2 Å². The molecular weight excluding hydrogens is 408 g/mol. The molecule has 29 heavy (non-hydrogen) atoms. The quantitative estimate of drug-likeness (QED) is 0.336. The molecule has 148 valence electrons. The molecule has 0 aliphatic rings. The molecule has 1 aromatic carbocycles. The van der Waals surface area contributed by atoms with Crippen LogP contribution in [0.25, 0.3) is 11.4 Å². The van der Waals surface area contributed by atoms with Gasteiger partial charge in [-0.1, -0.05) is 30.3 Å². The summed E-state index contributed by atoms with van der Waals surface area (Å²) < 4.78 is 62.1. The SMILES string of the molecule is Cc1occc1-c1nnc(Sc2c(F)c(F)nc(F)c2F)n1Cc1ccccc1. The minimum Gasteiger partial charge on any atom is -0.469 e. The van der Waals surface area contributed by atoms with Crippen LogP contribution in [0.4, 0.5) is 17.6 Å². The highest BCUT2D eigenvalue weighted by Crippen LogP contribution is 2.35. The van der Waals surface area contributed by atoms with Crippen molar-refractivity contribution >= 4 is 11.8 Å². The molecule has 0 aliphatic carbocycles. The van der Waals surface area contributed by atoms with Crippen LogP contribution in [-0.4, -0.2) is 19.7 Å². The number of nitrogens with zero attached hydrogens (tertiary/aromatic N) is 4. The number of aromatic nitrogens is 4. The van der Waals surface area contributed by atoms with Gasteiger partial charge in [0.25, 0.3) is 11.9 Å². The van der Waals surface area contributed by atoms with Crippen molar-refractivity contribution in [3.05, 3.63) is 77.5 Å². The van der Waals surface area contributed by atoms with Crippen molar-refractivity contribution in [1.29, 1.82) is 0 Å². The van der Waals surface area contributed by atoms with Gasteiger partial charge in [-0.05, 0) is 30.3 Å². The lowest BCUT2D eigenvalue weighted by Crippen LogP contribution is -2.06. The highest BCUT2D eigenvalue weighted by molar-refractivity contribution is 7.99. The van der Waals surface area contributed by atoms with Gasteiger partial charge < -0.3 is 4.42 Å². The van der Waals surface area contributed by atoms with Crippen LogP contribution in [0.5, 0.6) is 0 Å². The molecule has 0 fully saturated rings. The fourth-order valence-corrected chi connectivity index (χ4v) is 3.61. The Kier molecular flexibility index (Phi) is 5.10. The molecule has 0 aliphatic heterocycles. The van der Waals surface area contributed by atoms with E-state index in [2.05, 4.69) is 15.2 Å². The Morgan fingerprint density at radius 1 is 0.966 bits per heavy atom. The van der Waals surface area contributed by atoms with E-state index in [0.29, 0.717) is 28.9 Å². The molecule has 0 radical (unpaired) electrons. The Morgan fingerprint density at radius 3 is 2.28 bits per heavy atom. The second-order valence-corrected chi connectivity index (χ2v) is 7.00. The maximum absolute atomic E-state index is 14.1. The van der Waals surface area contributed by atoms with Gasteiger partial charge in [0.05, 0.1) is 23.3 Å². The van der Waals surface area contributed by atoms with Gasteiger partial charge in [-0.3, -0.25) is 4.57 Å². The molecule has 0 saturated carbocycles. The first-order valence-electron chi connectivity index (χ1n) is 8.35. The third kappa shape index (κ3) is 3.63. The molecule has 0 amide bonds. The number of hydrogen-bond acceptors (Lipinski definition) is 5. The lowest BCUT2D eigenvalue weighted by molar-refractivity contribution is 0.383. The Morgan fingerprint density at radius 2 is 1.66 bits per heavy atom. The molecule has 0 N–H and O–H groups in total. The van der Waals surface area contributed by atoms with E-state index >= 15 is 0 Å². The molecule has 10 heteroatoms. The molecule has 0 bridgehead atoms. The summed E-state index contributed by atoms with van der Waals surface area (Å²) in [7, 11) is 0. The smallest absolute Gasteiger partial charge is 0.252 e. The van der Waals surface area contributed by atoms with E-state index in [1.807, 2.05) is 30.3 Å². The van der Waals surface area contributed by atoms with E-state index in [1.165, 1.54) is 6.26 Å². The van der Waals surface area contributed by atoms with E-state index < -0.39 is 28.4 Å². The van der Waals surface area contributed by atoms with Gasteiger partial charge >= 0.3 is 0 Å². The fourth-order valence-electron chi connectivity index (χ4n) is 2.74. The maximum Gasteiger partial charge on any atom is 0.252 e. The topological polar surface area (TPSA) is 56.7 Å². The van der Waals surface area contributed by atoms with Crippen molar-refractivity contribution in [3.8, 4) is 11.4 Å². The van der Waals surface area contributed by atoms with E-state index in [4.69, 9.17) is 4.42 Å². The molecule has 0 atom stereocenters. The maximum atomic E-state index is 14.1. The van der Waals surface area contributed by atoms with Crippen LogP contribution in [0, 0.1) is 30.5 Å². The molecule has 5 nitrogen and oxygen atoms in total. The predicted molar refractivity (Wildman–Crippen MR) is 96.2 cm³/mol. The largest absolute Gasteiger partial charge is 0.469 e. The zero-order chi connectivity index (χ0) is 20.5. The van der Waals surface area contributed by atoms with Gasteiger partial charge in [-0.25, -0.2) is 8.78 Å². The summed E-state index contributed by atoms with van der Waals surface area (Å²) in [6.45, 7) is 1.99. The number of halogens is 4. The van der Waals surface area contributed by atoms with Gasteiger partial charge in [0.15, 0.2) is 22.6 Å². The van der Waals surface area contributed by atoms with Crippen molar-refractivity contribution in [3.63, 3.8) is 0 Å². The molecule has 3 aromatic heterocycles. The lowest BCUT2D eigenvalue weighted by Gasteiger charge is -2.11. The third-order valence-corrected chi connectivity index (χ3v) is 5.20. The molecule has 0 unspecified atom stereocenters. The zero-order valence-corrected chi connectivity index (χ0v) is 15.7. The number of hydrogen-bond donors (Lipinski definition) is 0. The van der Waals surface area contributed by atoms with Crippen LogP contribution >= 0.6 is 11.8 Å². The van der Waals surface area contributed by atoms with E-state index in [1.54, 1.807) is 17.6 Å². The van der Waals surface area contributed by atoms with Crippen molar-refractivity contribution in [2.75, 3.05) is 0 Å². The summed E-state index contributed by atoms with van der Waals surface area (Å²) in [5.74, 6) is -5.69. The first-order valence-corrected chi connectivity index (χ1v) is 9.16. The monoisotopic (exact) mass is 420 g/mol. The zero-order valence-electron chi connectivity index (χ0n) is 14.9. The molecule has 3 heterocycles. The van der Waals surface area contributed by atoms with E-state index in [-0.39, 0.29) is 11.7 Å². The van der Waals surface area contributed by atoms with E-state index in [0.717, 1.165) is 5.56 Å². The number of benzene rings is 1. The van der Waals surface area contributed by atoms with Crippen molar-refractivity contribution in [2.24, 2.45) is 0 Å². The highest BCUT2D eigenvalue weighted by atomic mass is 32.2. The summed E-state index contributed by atoms with van der Waals surface area (Å²) in [6, 6.07) is 10.9. The Labute approximate surface area is 166 Å². The predicted octanol–water partition coefficient (Wildman–Crippen LogP) is 5.00. The van der Waals surface area contributed by atoms with Crippen molar-refractivity contribution in [2.45, 2.75) is 23.5 Å². The standard InChI is InChI=1S/C19H12F4N4OS/c1-10-12(7-8-28-10)18-25-26-19(27(18)9-11-5-3-2-4-6-11)29-15-13(20)16(22)24-17(23)14(15)21/h2-8H,9H2,1H3. The molecule has 4 aromatic rings. The van der Waals surface area contributed by atoms with Crippen molar-refractivity contribution < 1.29 is 22.0 Å². The van der Waals surface area contributed by atoms with Gasteiger partial charge in [0.1, 0.15) is 5.76 Å². The Balaban J connectivity index is 1.82. The minimum absolute atomic E-state index is 0.0484. The van der Waals surface area contributed by atoms with Crippen LogP contribution < -0.4 is 0 Å². The summed E-state index contributed by atoms with van der Waals surface area (Å²) in [4.78, 5) is 1.69. The molecule has 4 rings (SSSR count). The number of pyridine rings is 1. The Bertz CT molecular complexity index is 1150. The van der Waals surface area contributed by atoms with Gasteiger partial charge in [-0.2, -0.15) is 13.8 Å². The first kappa shape index (κ1) is 19.2. The van der Waals surface area contributed by atoms with Crippen LogP contribution in [0.3, 0.4) is 0 Å². The van der Waals surface area contributed by atoms with Crippen LogP contribution in [0.2, 0.25) is 0 Å². The summed E-state index contributed by atoms with van der Waals surface area (Å²) >= 11 is 0.428. The second-order valence-electron chi connectivity index (χ2n) is 6.02. The fraction of sp³-hybridized carbons (Fsp3) is 0.105. The summed E-state index contributed by atoms with van der Waals surface area (Å²) in [5.41, 5.74) is 1.50. The van der Waals surface area contributed by atoms with Crippen LogP contribution in [0.15, 0.2) is 57.1 Å². The third-order valence-electron chi connectivity index (χ3n) is 4.15. The average Bonchev–Trinajstić information content (AvgIpc) is 3.30.